The number of hydrogen-bond acceptors (Lipinski definition) is 3. The third-order valence-electron chi connectivity index (χ3n) is 6.30. The van der Waals surface area contributed by atoms with Crippen molar-refractivity contribution in [2.24, 2.45) is 5.92 Å². The Balaban J connectivity index is 1.61. The van der Waals surface area contributed by atoms with Crippen LogP contribution in [0.25, 0.3) is 0 Å². The van der Waals surface area contributed by atoms with E-state index in [4.69, 9.17) is 4.74 Å². The van der Waals surface area contributed by atoms with Crippen molar-refractivity contribution in [1.82, 2.24) is 0 Å². The molecule has 152 valence electrons. The first kappa shape index (κ1) is 19.8. The molecule has 1 saturated carbocycles. The summed E-state index contributed by atoms with van der Waals surface area (Å²) in [5.74, 6) is 0.231. The topological polar surface area (TPSA) is 46.5 Å². The summed E-state index contributed by atoms with van der Waals surface area (Å²) in [5.41, 5.74) is 2.02. The lowest BCUT2D eigenvalue weighted by atomic mass is 9.82. The summed E-state index contributed by atoms with van der Waals surface area (Å²) in [6.07, 6.45) is 6.15. The van der Waals surface area contributed by atoms with Gasteiger partial charge in [0.05, 0.1) is 5.57 Å². The monoisotopic (exact) mass is 390 g/mol. The molecule has 3 heteroatoms. The second-order valence-corrected chi connectivity index (χ2v) is 8.46. The molecule has 4 rings (SSSR count). The molecule has 2 aliphatic rings. The van der Waals surface area contributed by atoms with Crippen molar-refractivity contribution >= 4 is 5.97 Å². The minimum atomic E-state index is -0.863. The molecule has 0 radical (unpaired) electrons. The number of cyclic esters (lactones) is 1. The second-order valence-electron chi connectivity index (χ2n) is 8.46. The first-order valence-electron chi connectivity index (χ1n) is 10.9. The van der Waals surface area contributed by atoms with E-state index in [1.165, 1.54) is 5.56 Å². The minimum Gasteiger partial charge on any atom is -0.507 e. The van der Waals surface area contributed by atoms with E-state index in [0.29, 0.717) is 24.3 Å². The van der Waals surface area contributed by atoms with Gasteiger partial charge >= 0.3 is 5.97 Å². The molecule has 2 unspecified atom stereocenters. The molecule has 1 aliphatic heterocycles. The maximum atomic E-state index is 13.0. The van der Waals surface area contributed by atoms with Crippen molar-refractivity contribution in [3.05, 3.63) is 83.1 Å². The molecular formula is C26H30O3. The van der Waals surface area contributed by atoms with Crippen LogP contribution in [0.3, 0.4) is 0 Å². The quantitative estimate of drug-likeness (QED) is 0.525. The second kappa shape index (κ2) is 8.44. The highest BCUT2D eigenvalue weighted by Crippen LogP contribution is 2.52. The normalized spacial score (nSPS) is 22.6. The van der Waals surface area contributed by atoms with Crippen LogP contribution in [0.15, 0.2) is 72.0 Å². The average Bonchev–Trinajstić information content (AvgIpc) is 3.54. The van der Waals surface area contributed by atoms with Gasteiger partial charge in [0.25, 0.3) is 0 Å². The van der Waals surface area contributed by atoms with Crippen molar-refractivity contribution in [2.75, 3.05) is 0 Å². The molecule has 2 aromatic rings. The van der Waals surface area contributed by atoms with Crippen LogP contribution in [0.4, 0.5) is 0 Å². The third kappa shape index (κ3) is 4.10. The Morgan fingerprint density at radius 3 is 2.31 bits per heavy atom. The number of carbonyl (C=O) groups is 1. The Labute approximate surface area is 173 Å². The van der Waals surface area contributed by atoms with Gasteiger partial charge in [0, 0.05) is 5.92 Å². The van der Waals surface area contributed by atoms with Crippen molar-refractivity contribution in [3.63, 3.8) is 0 Å². The molecule has 0 amide bonds. The SMILES string of the molecule is CCCC1(CCCc2ccccc2)OC(=O)C(C(c2ccccc2)C2CC2)=C1O. The van der Waals surface area contributed by atoms with Crippen LogP contribution in [0, 0.1) is 5.92 Å². The van der Waals surface area contributed by atoms with E-state index in [0.717, 1.165) is 37.7 Å². The number of benzene rings is 2. The molecule has 1 N–H and O–H groups in total. The number of aliphatic hydroxyl groups excluding tert-OH is 1. The predicted octanol–water partition coefficient (Wildman–Crippen LogP) is 6.11. The summed E-state index contributed by atoms with van der Waals surface area (Å²) in [6.45, 7) is 2.08. The molecular weight excluding hydrogens is 360 g/mol. The van der Waals surface area contributed by atoms with E-state index in [1.54, 1.807) is 0 Å². The minimum absolute atomic E-state index is 0.0587. The number of rotatable bonds is 9. The summed E-state index contributed by atoms with van der Waals surface area (Å²) >= 11 is 0. The van der Waals surface area contributed by atoms with E-state index in [2.05, 4.69) is 31.2 Å². The molecule has 2 aromatic carbocycles. The third-order valence-corrected chi connectivity index (χ3v) is 6.30. The van der Waals surface area contributed by atoms with Crippen LogP contribution in [-0.4, -0.2) is 16.7 Å². The molecule has 0 spiro atoms. The number of carbonyl (C=O) groups excluding carboxylic acids is 1. The number of aliphatic hydroxyl groups is 1. The number of hydrogen-bond donors (Lipinski definition) is 1. The summed E-state index contributed by atoms with van der Waals surface area (Å²) in [7, 11) is 0. The highest BCUT2D eigenvalue weighted by atomic mass is 16.6. The molecule has 29 heavy (non-hydrogen) atoms. The summed E-state index contributed by atoms with van der Waals surface area (Å²) in [5, 5.41) is 11.3. The molecule has 0 aromatic heterocycles. The largest absolute Gasteiger partial charge is 0.507 e. The van der Waals surface area contributed by atoms with Gasteiger partial charge in [0.15, 0.2) is 5.60 Å². The van der Waals surface area contributed by atoms with Crippen LogP contribution in [0.5, 0.6) is 0 Å². The molecule has 1 aliphatic carbocycles. The molecule has 2 atom stereocenters. The van der Waals surface area contributed by atoms with Gasteiger partial charge in [-0.15, -0.1) is 0 Å². The lowest BCUT2D eigenvalue weighted by molar-refractivity contribution is -0.149. The van der Waals surface area contributed by atoms with E-state index in [9.17, 15) is 9.90 Å². The van der Waals surface area contributed by atoms with E-state index >= 15 is 0 Å². The summed E-state index contributed by atoms with van der Waals surface area (Å²) in [6, 6.07) is 20.5. The molecule has 0 saturated heterocycles. The maximum Gasteiger partial charge on any atom is 0.339 e. The first-order valence-corrected chi connectivity index (χ1v) is 10.9. The molecule has 1 heterocycles. The fraction of sp³-hybridized carbons (Fsp3) is 0.423. The van der Waals surface area contributed by atoms with Crippen molar-refractivity contribution in [2.45, 2.75) is 63.4 Å². The number of ether oxygens (including phenoxy) is 1. The van der Waals surface area contributed by atoms with Gasteiger partial charge in [-0.1, -0.05) is 74.0 Å². The van der Waals surface area contributed by atoms with Gasteiger partial charge in [0.2, 0.25) is 0 Å². The first-order chi connectivity index (χ1) is 14.1. The lowest BCUT2D eigenvalue weighted by Crippen LogP contribution is -2.32. The van der Waals surface area contributed by atoms with Gasteiger partial charge in [-0.25, -0.2) is 4.79 Å². The van der Waals surface area contributed by atoms with Crippen molar-refractivity contribution < 1.29 is 14.6 Å². The Bertz CT molecular complexity index is 867. The fourth-order valence-corrected chi connectivity index (χ4v) is 4.75. The van der Waals surface area contributed by atoms with Gasteiger partial charge in [0.1, 0.15) is 5.76 Å². The number of aryl methyl sites for hydroxylation is 1. The van der Waals surface area contributed by atoms with Crippen LogP contribution in [-0.2, 0) is 16.0 Å². The zero-order chi connectivity index (χ0) is 20.3. The smallest absolute Gasteiger partial charge is 0.339 e. The Kier molecular flexibility index (Phi) is 5.75. The maximum absolute atomic E-state index is 13.0. The van der Waals surface area contributed by atoms with Crippen molar-refractivity contribution in [1.29, 1.82) is 0 Å². The Morgan fingerprint density at radius 2 is 1.69 bits per heavy atom. The van der Waals surface area contributed by atoms with Gasteiger partial charge in [-0.05, 0) is 55.6 Å². The van der Waals surface area contributed by atoms with Gasteiger partial charge < -0.3 is 9.84 Å². The van der Waals surface area contributed by atoms with Crippen LogP contribution in [0.2, 0.25) is 0 Å². The van der Waals surface area contributed by atoms with Crippen LogP contribution in [0.1, 0.15) is 62.5 Å². The fourth-order valence-electron chi connectivity index (χ4n) is 4.75. The zero-order valence-corrected chi connectivity index (χ0v) is 17.1. The van der Waals surface area contributed by atoms with Gasteiger partial charge in [-0.2, -0.15) is 0 Å². The summed E-state index contributed by atoms with van der Waals surface area (Å²) in [4.78, 5) is 13.0. The molecule has 0 bridgehead atoms. The predicted molar refractivity (Wildman–Crippen MR) is 115 cm³/mol. The van der Waals surface area contributed by atoms with Crippen molar-refractivity contribution in [3.8, 4) is 0 Å². The lowest BCUT2D eigenvalue weighted by Gasteiger charge is -2.28. The molecule has 3 nitrogen and oxygen atoms in total. The summed E-state index contributed by atoms with van der Waals surface area (Å²) < 4.78 is 5.97. The number of esters is 1. The molecule has 1 fully saturated rings. The van der Waals surface area contributed by atoms with E-state index < -0.39 is 5.60 Å². The van der Waals surface area contributed by atoms with Gasteiger partial charge in [-0.3, -0.25) is 0 Å². The van der Waals surface area contributed by atoms with Crippen LogP contribution >= 0.6 is 0 Å². The zero-order valence-electron chi connectivity index (χ0n) is 17.1. The Hall–Kier alpha value is -2.55. The Morgan fingerprint density at radius 1 is 1.03 bits per heavy atom. The van der Waals surface area contributed by atoms with E-state index in [1.807, 2.05) is 36.4 Å². The highest BCUT2D eigenvalue weighted by Gasteiger charge is 2.51. The highest BCUT2D eigenvalue weighted by molar-refractivity contribution is 5.94. The standard InChI is InChI=1S/C26H30O3/c1-2-17-26(18-9-12-19-10-5-3-6-11-19)24(27)23(25(28)29-26)22(21-15-16-21)20-13-7-4-8-14-20/h3-8,10-11,13-14,21-22,27H,2,9,12,15-18H2,1H3. The average molecular weight is 391 g/mol. The van der Waals surface area contributed by atoms with E-state index in [-0.39, 0.29) is 17.6 Å². The van der Waals surface area contributed by atoms with Crippen LogP contribution < -0.4 is 0 Å².